The van der Waals surface area contributed by atoms with Crippen molar-refractivity contribution in [2.45, 2.75) is 45.6 Å². The Morgan fingerprint density at radius 3 is 2.71 bits per heavy atom. The van der Waals surface area contributed by atoms with Gasteiger partial charge in [-0.25, -0.2) is 9.18 Å². The Hall–Kier alpha value is -2.29. The number of ether oxygens (including phenoxy) is 1. The Bertz CT molecular complexity index is 1180. The SMILES string of the molecule is CC1(C)Cc2c(sc3c2c(=O)n(CCO)c(=O)n3Cc2ccccc2F)CO1. The molecule has 1 aromatic carbocycles. The van der Waals surface area contributed by atoms with Crippen molar-refractivity contribution in [1.82, 2.24) is 9.13 Å². The molecule has 28 heavy (non-hydrogen) atoms. The Labute approximate surface area is 164 Å². The van der Waals surface area contributed by atoms with Crippen LogP contribution in [0.15, 0.2) is 33.9 Å². The highest BCUT2D eigenvalue weighted by molar-refractivity contribution is 7.18. The van der Waals surface area contributed by atoms with Gasteiger partial charge in [-0.3, -0.25) is 13.9 Å². The maximum absolute atomic E-state index is 14.2. The van der Waals surface area contributed by atoms with Crippen LogP contribution < -0.4 is 11.2 Å². The minimum atomic E-state index is -0.548. The second-order valence-corrected chi connectivity index (χ2v) is 8.63. The van der Waals surface area contributed by atoms with Crippen molar-refractivity contribution >= 4 is 21.6 Å². The average molecular weight is 404 g/mol. The van der Waals surface area contributed by atoms with Crippen molar-refractivity contribution in [2.75, 3.05) is 6.61 Å². The van der Waals surface area contributed by atoms with E-state index in [2.05, 4.69) is 0 Å². The molecule has 8 heteroatoms. The van der Waals surface area contributed by atoms with Crippen molar-refractivity contribution in [3.8, 4) is 0 Å². The van der Waals surface area contributed by atoms with Gasteiger partial charge in [0.05, 0.1) is 37.3 Å². The van der Waals surface area contributed by atoms with Crippen LogP contribution in [-0.4, -0.2) is 26.4 Å². The predicted octanol–water partition coefficient (Wildman–Crippen LogP) is 2.26. The van der Waals surface area contributed by atoms with E-state index in [0.29, 0.717) is 28.8 Å². The highest BCUT2D eigenvalue weighted by Gasteiger charge is 2.32. The first-order chi connectivity index (χ1) is 13.3. The molecule has 0 unspecified atom stereocenters. The average Bonchev–Trinajstić information content (AvgIpc) is 3.01. The van der Waals surface area contributed by atoms with E-state index >= 15 is 0 Å². The summed E-state index contributed by atoms with van der Waals surface area (Å²) in [6.45, 7) is 3.87. The molecule has 0 radical (unpaired) electrons. The molecular formula is C20H21FN2O4S. The fraction of sp³-hybridized carbons (Fsp3) is 0.400. The van der Waals surface area contributed by atoms with Crippen molar-refractivity contribution in [3.63, 3.8) is 0 Å². The molecule has 0 aliphatic carbocycles. The fourth-order valence-electron chi connectivity index (χ4n) is 3.64. The maximum atomic E-state index is 14.2. The van der Waals surface area contributed by atoms with Crippen LogP contribution >= 0.6 is 11.3 Å². The van der Waals surface area contributed by atoms with E-state index < -0.39 is 22.7 Å². The minimum absolute atomic E-state index is 0.0113. The lowest BCUT2D eigenvalue weighted by Gasteiger charge is -2.29. The number of thiophene rings is 1. The van der Waals surface area contributed by atoms with Crippen LogP contribution in [-0.2, 0) is 30.9 Å². The zero-order valence-electron chi connectivity index (χ0n) is 15.7. The molecule has 148 valence electrons. The largest absolute Gasteiger partial charge is 0.395 e. The van der Waals surface area contributed by atoms with Gasteiger partial charge in [-0.1, -0.05) is 18.2 Å². The number of nitrogens with zero attached hydrogens (tertiary/aromatic N) is 2. The third-order valence-corrected chi connectivity index (χ3v) is 6.27. The molecule has 1 aliphatic heterocycles. The zero-order chi connectivity index (χ0) is 20.1. The quantitative estimate of drug-likeness (QED) is 0.724. The van der Waals surface area contributed by atoms with Crippen LogP contribution in [0.2, 0.25) is 0 Å². The molecule has 1 aliphatic rings. The highest BCUT2D eigenvalue weighted by Crippen LogP contribution is 2.37. The van der Waals surface area contributed by atoms with Gasteiger partial charge in [-0.05, 0) is 25.5 Å². The van der Waals surface area contributed by atoms with Crippen molar-refractivity contribution < 1.29 is 14.2 Å². The first-order valence-electron chi connectivity index (χ1n) is 9.08. The van der Waals surface area contributed by atoms with E-state index in [4.69, 9.17) is 4.74 Å². The lowest BCUT2D eigenvalue weighted by molar-refractivity contribution is -0.0379. The summed E-state index contributed by atoms with van der Waals surface area (Å²) in [5, 5.41) is 9.83. The van der Waals surface area contributed by atoms with E-state index in [1.807, 2.05) is 13.8 Å². The Kier molecular flexibility index (Phi) is 4.73. The molecule has 2 aromatic heterocycles. The monoisotopic (exact) mass is 404 g/mol. The molecule has 1 N–H and O–H groups in total. The molecule has 3 heterocycles. The number of hydrogen-bond donors (Lipinski definition) is 1. The number of hydrogen-bond acceptors (Lipinski definition) is 5. The van der Waals surface area contributed by atoms with Gasteiger partial charge < -0.3 is 9.84 Å². The van der Waals surface area contributed by atoms with Gasteiger partial charge in [0, 0.05) is 16.9 Å². The molecule has 0 bridgehead atoms. The maximum Gasteiger partial charge on any atom is 0.332 e. The number of rotatable bonds is 4. The first-order valence-corrected chi connectivity index (χ1v) is 9.90. The number of benzene rings is 1. The number of aromatic nitrogens is 2. The lowest BCUT2D eigenvalue weighted by Crippen LogP contribution is -2.41. The summed E-state index contributed by atoms with van der Waals surface area (Å²) in [5.41, 5.74) is -0.122. The van der Waals surface area contributed by atoms with Crippen LogP contribution in [0.3, 0.4) is 0 Å². The Balaban J connectivity index is 2.01. The van der Waals surface area contributed by atoms with Crippen LogP contribution in [0.4, 0.5) is 4.39 Å². The minimum Gasteiger partial charge on any atom is -0.395 e. The third kappa shape index (κ3) is 3.11. The van der Waals surface area contributed by atoms with E-state index in [-0.39, 0.29) is 19.7 Å². The topological polar surface area (TPSA) is 73.5 Å². The summed E-state index contributed by atoms with van der Waals surface area (Å²) in [6.07, 6.45) is 0.550. The summed E-state index contributed by atoms with van der Waals surface area (Å²) in [6, 6.07) is 6.26. The predicted molar refractivity (Wildman–Crippen MR) is 106 cm³/mol. The molecule has 0 atom stereocenters. The molecule has 0 fully saturated rings. The normalized spacial score (nSPS) is 15.7. The van der Waals surface area contributed by atoms with Crippen LogP contribution in [0.5, 0.6) is 0 Å². The summed E-state index contributed by atoms with van der Waals surface area (Å²) >= 11 is 1.35. The molecule has 0 amide bonds. The molecule has 0 saturated carbocycles. The van der Waals surface area contributed by atoms with Gasteiger partial charge in [0.1, 0.15) is 10.6 Å². The second kappa shape index (κ2) is 6.95. The van der Waals surface area contributed by atoms with Crippen LogP contribution in [0.1, 0.15) is 29.9 Å². The van der Waals surface area contributed by atoms with Gasteiger partial charge in [0.15, 0.2) is 0 Å². The van der Waals surface area contributed by atoms with Crippen LogP contribution in [0, 0.1) is 5.82 Å². The van der Waals surface area contributed by atoms with Crippen LogP contribution in [0.25, 0.3) is 10.2 Å². The molecule has 0 spiro atoms. The van der Waals surface area contributed by atoms with E-state index in [1.165, 1.54) is 22.0 Å². The Morgan fingerprint density at radius 2 is 2.00 bits per heavy atom. The highest BCUT2D eigenvalue weighted by atomic mass is 32.1. The number of aliphatic hydroxyl groups excluding tert-OH is 1. The number of aliphatic hydroxyl groups is 1. The van der Waals surface area contributed by atoms with Crippen molar-refractivity contribution in [3.05, 3.63) is 66.9 Å². The van der Waals surface area contributed by atoms with Gasteiger partial charge in [0.2, 0.25) is 0 Å². The van der Waals surface area contributed by atoms with Crippen molar-refractivity contribution in [1.29, 1.82) is 0 Å². The molecule has 3 aromatic rings. The standard InChI is InChI=1S/C20H21FN2O4S/c1-20(2)9-13-15(11-27-20)28-18-16(13)17(25)22(7-8-24)19(26)23(18)10-12-5-3-4-6-14(12)21/h3-6,24H,7-11H2,1-2H3. The molecular weight excluding hydrogens is 383 g/mol. The van der Waals surface area contributed by atoms with Crippen molar-refractivity contribution in [2.24, 2.45) is 0 Å². The smallest absolute Gasteiger partial charge is 0.332 e. The van der Waals surface area contributed by atoms with E-state index in [0.717, 1.165) is 15.0 Å². The summed E-state index contributed by atoms with van der Waals surface area (Å²) < 4.78 is 22.6. The Morgan fingerprint density at radius 1 is 1.25 bits per heavy atom. The lowest BCUT2D eigenvalue weighted by atomic mass is 9.94. The third-order valence-electron chi connectivity index (χ3n) is 5.04. The van der Waals surface area contributed by atoms with Gasteiger partial charge in [-0.15, -0.1) is 11.3 Å². The number of fused-ring (bicyclic) bond motifs is 3. The molecule has 4 rings (SSSR count). The van der Waals surface area contributed by atoms with Gasteiger partial charge in [-0.2, -0.15) is 0 Å². The summed E-state index contributed by atoms with van der Waals surface area (Å²) in [4.78, 5) is 27.5. The second-order valence-electron chi connectivity index (χ2n) is 7.55. The van der Waals surface area contributed by atoms with Gasteiger partial charge in [0.25, 0.3) is 5.56 Å². The number of halogens is 1. The van der Waals surface area contributed by atoms with Gasteiger partial charge >= 0.3 is 5.69 Å². The summed E-state index contributed by atoms with van der Waals surface area (Å²) in [7, 11) is 0. The summed E-state index contributed by atoms with van der Waals surface area (Å²) in [5.74, 6) is -0.409. The zero-order valence-corrected chi connectivity index (χ0v) is 16.5. The molecule has 0 saturated heterocycles. The van der Waals surface area contributed by atoms with E-state index in [9.17, 15) is 19.1 Å². The fourth-order valence-corrected chi connectivity index (χ4v) is 4.85. The molecule has 6 nitrogen and oxygen atoms in total. The first kappa shape index (κ1) is 19.0. The van der Waals surface area contributed by atoms with E-state index in [1.54, 1.807) is 18.2 Å².